The Labute approximate surface area is 76.3 Å². The lowest BCUT2D eigenvalue weighted by atomic mass is 9.97. The number of hydrogen-bond donors (Lipinski definition) is 1. The third-order valence-corrected chi connectivity index (χ3v) is 2.49. The number of carboxylic acid groups (broad SMARTS) is 1. The van der Waals surface area contributed by atoms with Crippen LogP contribution in [0.4, 0.5) is 4.79 Å². The third kappa shape index (κ3) is 2.07. The van der Waals surface area contributed by atoms with Crippen LogP contribution in [0.15, 0.2) is 0 Å². The van der Waals surface area contributed by atoms with Crippen molar-refractivity contribution in [1.29, 1.82) is 0 Å². The molecule has 1 rings (SSSR count). The SMILES string of the molecule is NC(=S)C1CCN(C(=O)[O-])CC1. The normalized spacial score (nSPS) is 19.2. The summed E-state index contributed by atoms with van der Waals surface area (Å²) in [5.41, 5.74) is 5.44. The Kier molecular flexibility index (Phi) is 2.86. The van der Waals surface area contributed by atoms with Crippen LogP contribution in [0.5, 0.6) is 0 Å². The highest BCUT2D eigenvalue weighted by molar-refractivity contribution is 7.80. The van der Waals surface area contributed by atoms with Crippen LogP contribution in [0.25, 0.3) is 0 Å². The largest absolute Gasteiger partial charge is 0.530 e. The van der Waals surface area contributed by atoms with Crippen molar-refractivity contribution in [1.82, 2.24) is 4.90 Å². The fourth-order valence-electron chi connectivity index (χ4n) is 1.35. The van der Waals surface area contributed by atoms with Gasteiger partial charge in [-0.1, -0.05) is 12.2 Å². The summed E-state index contributed by atoms with van der Waals surface area (Å²) >= 11 is 4.82. The maximum absolute atomic E-state index is 10.4. The number of carbonyl (C=O) groups is 1. The molecule has 12 heavy (non-hydrogen) atoms. The number of nitrogens with zero attached hydrogens (tertiary/aromatic N) is 1. The molecule has 68 valence electrons. The zero-order valence-corrected chi connectivity index (χ0v) is 7.47. The van der Waals surface area contributed by atoms with Gasteiger partial charge in [0.15, 0.2) is 0 Å². The van der Waals surface area contributed by atoms with Crippen molar-refractivity contribution in [2.24, 2.45) is 11.7 Å². The first kappa shape index (κ1) is 9.25. The molecule has 0 aliphatic carbocycles. The molecule has 0 spiro atoms. The molecule has 1 aliphatic rings. The zero-order valence-electron chi connectivity index (χ0n) is 6.66. The van der Waals surface area contributed by atoms with Crippen LogP contribution in [0.3, 0.4) is 0 Å². The van der Waals surface area contributed by atoms with Crippen molar-refractivity contribution in [3.63, 3.8) is 0 Å². The lowest BCUT2D eigenvalue weighted by molar-refractivity contribution is -0.266. The van der Waals surface area contributed by atoms with E-state index in [9.17, 15) is 9.90 Å². The molecule has 0 bridgehead atoms. The van der Waals surface area contributed by atoms with Gasteiger partial charge in [-0.15, -0.1) is 0 Å². The van der Waals surface area contributed by atoms with Crippen LogP contribution < -0.4 is 10.8 Å². The van der Waals surface area contributed by atoms with E-state index in [-0.39, 0.29) is 5.92 Å². The molecule has 0 atom stereocenters. The molecule has 2 N–H and O–H groups in total. The second kappa shape index (κ2) is 3.71. The lowest BCUT2D eigenvalue weighted by Gasteiger charge is -2.33. The number of rotatable bonds is 1. The number of hydrogen-bond acceptors (Lipinski definition) is 3. The summed E-state index contributed by atoms with van der Waals surface area (Å²) < 4.78 is 0. The van der Waals surface area contributed by atoms with E-state index in [1.165, 1.54) is 4.90 Å². The van der Waals surface area contributed by atoms with Gasteiger partial charge >= 0.3 is 0 Å². The lowest BCUT2D eigenvalue weighted by Crippen LogP contribution is -2.47. The number of likely N-dealkylation sites (tertiary alicyclic amines) is 1. The van der Waals surface area contributed by atoms with Gasteiger partial charge in [-0.25, -0.2) is 0 Å². The Bertz CT molecular complexity index is 178. The molecule has 1 saturated heterocycles. The van der Waals surface area contributed by atoms with Gasteiger partial charge in [-0.05, 0) is 12.8 Å². The molecular formula is C7H11N2O2S-. The molecule has 5 heteroatoms. The van der Waals surface area contributed by atoms with Crippen molar-refractivity contribution in [3.05, 3.63) is 0 Å². The molecule has 1 heterocycles. The summed E-state index contributed by atoms with van der Waals surface area (Å²) in [6.45, 7) is 0.981. The van der Waals surface area contributed by atoms with Crippen LogP contribution in [0.2, 0.25) is 0 Å². The first-order valence-electron chi connectivity index (χ1n) is 3.86. The van der Waals surface area contributed by atoms with Gasteiger partial charge in [-0.2, -0.15) is 0 Å². The number of nitrogens with two attached hydrogens (primary N) is 1. The second-order valence-electron chi connectivity index (χ2n) is 2.93. The van der Waals surface area contributed by atoms with Gasteiger partial charge in [0.1, 0.15) is 6.09 Å². The Morgan fingerprint density at radius 2 is 2.00 bits per heavy atom. The Balaban J connectivity index is 2.39. The van der Waals surface area contributed by atoms with E-state index in [0.29, 0.717) is 18.1 Å². The van der Waals surface area contributed by atoms with Crippen molar-refractivity contribution < 1.29 is 9.90 Å². The van der Waals surface area contributed by atoms with E-state index in [2.05, 4.69) is 0 Å². The van der Waals surface area contributed by atoms with Crippen LogP contribution in [-0.2, 0) is 0 Å². The fraction of sp³-hybridized carbons (Fsp3) is 0.714. The van der Waals surface area contributed by atoms with Crippen LogP contribution in [0.1, 0.15) is 12.8 Å². The Morgan fingerprint density at radius 1 is 1.50 bits per heavy atom. The highest BCUT2D eigenvalue weighted by Gasteiger charge is 2.20. The quantitative estimate of drug-likeness (QED) is 0.553. The van der Waals surface area contributed by atoms with Crippen LogP contribution in [-0.4, -0.2) is 29.1 Å². The number of piperidine rings is 1. The summed E-state index contributed by atoms with van der Waals surface area (Å²) in [7, 11) is 0. The molecule has 1 aliphatic heterocycles. The van der Waals surface area contributed by atoms with Crippen LogP contribution >= 0.6 is 12.2 Å². The van der Waals surface area contributed by atoms with Gasteiger partial charge in [0.05, 0.1) is 4.99 Å². The first-order chi connectivity index (χ1) is 5.61. The highest BCUT2D eigenvalue weighted by Crippen LogP contribution is 2.16. The molecule has 0 radical (unpaired) electrons. The third-order valence-electron chi connectivity index (χ3n) is 2.16. The van der Waals surface area contributed by atoms with E-state index >= 15 is 0 Å². The molecule has 4 nitrogen and oxygen atoms in total. The molecule has 0 aromatic heterocycles. The molecule has 1 amide bonds. The average molecular weight is 187 g/mol. The van der Waals surface area contributed by atoms with Gasteiger partial charge in [-0.3, -0.25) is 0 Å². The molecule has 0 saturated carbocycles. The van der Waals surface area contributed by atoms with E-state index < -0.39 is 6.09 Å². The van der Waals surface area contributed by atoms with Crippen LogP contribution in [0, 0.1) is 5.92 Å². The molecule has 0 unspecified atom stereocenters. The predicted octanol–water partition coefficient (Wildman–Crippen LogP) is -0.672. The van der Waals surface area contributed by atoms with Crippen molar-refractivity contribution in [2.75, 3.05) is 13.1 Å². The summed E-state index contributed by atoms with van der Waals surface area (Å²) in [5, 5.41) is 10.4. The summed E-state index contributed by atoms with van der Waals surface area (Å²) in [4.78, 5) is 12.2. The Hall–Kier alpha value is -0.840. The van der Waals surface area contributed by atoms with Crippen molar-refractivity contribution >= 4 is 23.3 Å². The minimum atomic E-state index is -1.10. The minimum absolute atomic E-state index is 0.204. The second-order valence-corrected chi connectivity index (χ2v) is 3.40. The first-order valence-corrected chi connectivity index (χ1v) is 4.27. The topological polar surface area (TPSA) is 69.4 Å². The van der Waals surface area contributed by atoms with E-state index in [1.54, 1.807) is 0 Å². The minimum Gasteiger partial charge on any atom is -0.530 e. The van der Waals surface area contributed by atoms with Gasteiger partial charge in [0.25, 0.3) is 0 Å². The monoisotopic (exact) mass is 187 g/mol. The predicted molar refractivity (Wildman–Crippen MR) is 46.5 cm³/mol. The number of carbonyl (C=O) groups excluding carboxylic acids is 1. The maximum Gasteiger partial charge on any atom is 0.136 e. The Morgan fingerprint density at radius 3 is 2.33 bits per heavy atom. The fourth-order valence-corrected chi connectivity index (χ4v) is 1.58. The zero-order chi connectivity index (χ0) is 9.14. The number of amides is 1. The number of thiocarbonyl (C=S) groups is 1. The summed E-state index contributed by atoms with van der Waals surface area (Å²) in [6, 6.07) is 0. The highest BCUT2D eigenvalue weighted by atomic mass is 32.1. The van der Waals surface area contributed by atoms with Gasteiger partial charge in [0.2, 0.25) is 0 Å². The summed E-state index contributed by atoms with van der Waals surface area (Å²) in [6.07, 6.45) is 0.350. The molecule has 0 aromatic carbocycles. The molecule has 1 fully saturated rings. The maximum atomic E-state index is 10.4. The molecule has 0 aromatic rings. The standard InChI is InChI=1S/C7H12N2O2S/c8-6(12)5-1-3-9(4-2-5)7(10)11/h5H,1-4H2,(H2,8,12)(H,10,11)/p-1. The summed E-state index contributed by atoms with van der Waals surface area (Å²) in [5.74, 6) is 0.204. The van der Waals surface area contributed by atoms with E-state index in [0.717, 1.165) is 12.8 Å². The smallest absolute Gasteiger partial charge is 0.136 e. The van der Waals surface area contributed by atoms with Crippen molar-refractivity contribution in [2.45, 2.75) is 12.8 Å². The van der Waals surface area contributed by atoms with Gasteiger partial charge < -0.3 is 20.5 Å². The van der Waals surface area contributed by atoms with E-state index in [1.807, 2.05) is 0 Å². The average Bonchev–Trinajstić information content (AvgIpc) is 2.04. The van der Waals surface area contributed by atoms with Gasteiger partial charge in [0, 0.05) is 19.0 Å². The van der Waals surface area contributed by atoms with E-state index in [4.69, 9.17) is 18.0 Å². The van der Waals surface area contributed by atoms with Crippen molar-refractivity contribution in [3.8, 4) is 0 Å². The molecular weight excluding hydrogens is 176 g/mol.